The first kappa shape index (κ1) is 23.5. The Morgan fingerprint density at radius 3 is 2.47 bits per heavy atom. The molecule has 10 heteroatoms. The number of benzene rings is 1. The molecule has 184 valence electrons. The third kappa shape index (κ3) is 5.70. The summed E-state index contributed by atoms with van der Waals surface area (Å²) in [5.41, 5.74) is 3.35. The highest BCUT2D eigenvalue weighted by Gasteiger charge is 2.30. The molecule has 3 aromatic heterocycles. The van der Waals surface area contributed by atoms with E-state index in [0.29, 0.717) is 53.2 Å². The number of halogens is 1. The van der Waals surface area contributed by atoms with E-state index in [1.54, 1.807) is 24.5 Å². The van der Waals surface area contributed by atoms with Gasteiger partial charge in [0.25, 0.3) is 0 Å². The van der Waals surface area contributed by atoms with Crippen molar-refractivity contribution in [3.8, 4) is 17.1 Å². The minimum atomic E-state index is -0.282. The van der Waals surface area contributed by atoms with Gasteiger partial charge < -0.3 is 10.1 Å². The van der Waals surface area contributed by atoms with Crippen LogP contribution >= 0.6 is 0 Å². The van der Waals surface area contributed by atoms with Crippen molar-refractivity contribution in [1.82, 2.24) is 24.9 Å². The smallest absolute Gasteiger partial charge is 0.245 e. The zero-order valence-electron chi connectivity index (χ0n) is 20.0. The number of pyridine rings is 1. The normalized spacial score (nSPS) is 13.1. The van der Waals surface area contributed by atoms with Crippen LogP contribution in [0.5, 0.6) is 5.88 Å². The van der Waals surface area contributed by atoms with Gasteiger partial charge in [0.2, 0.25) is 23.7 Å². The molecular formula is C26H26FN7O2. The molecular weight excluding hydrogens is 461 g/mol. The first-order valence-corrected chi connectivity index (χ1v) is 11.9. The Hall–Kier alpha value is -4.21. The highest BCUT2D eigenvalue weighted by atomic mass is 19.1. The molecule has 0 saturated heterocycles. The fourth-order valence-electron chi connectivity index (χ4n) is 3.44. The molecule has 0 bridgehead atoms. The van der Waals surface area contributed by atoms with Gasteiger partial charge in [-0.05, 0) is 48.6 Å². The molecule has 1 amide bonds. The van der Waals surface area contributed by atoms with E-state index in [2.05, 4.69) is 44.4 Å². The number of fused-ring (bicyclic) bond motifs is 1. The Morgan fingerprint density at radius 2 is 1.78 bits per heavy atom. The van der Waals surface area contributed by atoms with Crippen molar-refractivity contribution in [2.75, 3.05) is 17.2 Å². The number of carbonyl (C=O) groups excluding carboxylic acids is 1. The van der Waals surface area contributed by atoms with Crippen LogP contribution < -0.4 is 15.4 Å². The van der Waals surface area contributed by atoms with E-state index in [0.717, 1.165) is 18.4 Å². The van der Waals surface area contributed by atoms with Gasteiger partial charge in [-0.25, -0.2) is 24.3 Å². The topological polar surface area (TPSA) is 115 Å². The molecule has 1 fully saturated rings. The molecule has 2 N–H and O–H groups in total. The molecule has 1 aromatic carbocycles. The Labute approximate surface area is 207 Å². The van der Waals surface area contributed by atoms with Gasteiger partial charge in [-0.3, -0.25) is 10.1 Å². The number of nitrogens with one attached hydrogen (secondary N) is 2. The fourth-order valence-corrected chi connectivity index (χ4v) is 3.44. The van der Waals surface area contributed by atoms with Gasteiger partial charge in [-0.15, -0.1) is 0 Å². The third-order valence-corrected chi connectivity index (χ3v) is 5.56. The highest BCUT2D eigenvalue weighted by molar-refractivity contribution is 5.92. The Bertz CT molecular complexity index is 1370. The van der Waals surface area contributed by atoms with Crippen molar-refractivity contribution in [3.63, 3.8) is 0 Å². The molecule has 9 nitrogen and oxygen atoms in total. The van der Waals surface area contributed by atoms with Crippen LogP contribution in [0.1, 0.15) is 32.3 Å². The van der Waals surface area contributed by atoms with E-state index in [-0.39, 0.29) is 23.6 Å². The van der Waals surface area contributed by atoms with E-state index in [1.807, 2.05) is 12.1 Å². The largest absolute Gasteiger partial charge is 0.476 e. The predicted octanol–water partition coefficient (Wildman–Crippen LogP) is 4.62. The molecule has 0 spiro atoms. The van der Waals surface area contributed by atoms with E-state index in [4.69, 9.17) is 9.72 Å². The maximum Gasteiger partial charge on any atom is 0.245 e. The molecule has 3 heterocycles. The van der Waals surface area contributed by atoms with Crippen molar-refractivity contribution >= 4 is 28.8 Å². The van der Waals surface area contributed by atoms with E-state index in [1.165, 1.54) is 12.1 Å². The molecule has 1 aliphatic rings. The van der Waals surface area contributed by atoms with Crippen LogP contribution in [0, 0.1) is 17.7 Å². The second-order valence-electron chi connectivity index (χ2n) is 9.16. The van der Waals surface area contributed by atoms with Crippen LogP contribution in [0.2, 0.25) is 0 Å². The van der Waals surface area contributed by atoms with Crippen molar-refractivity contribution in [3.05, 3.63) is 60.2 Å². The summed E-state index contributed by atoms with van der Waals surface area (Å²) in [7, 11) is 0. The summed E-state index contributed by atoms with van der Waals surface area (Å²) >= 11 is 0. The van der Waals surface area contributed by atoms with Crippen LogP contribution in [0.25, 0.3) is 22.3 Å². The first-order valence-electron chi connectivity index (χ1n) is 11.9. The Balaban J connectivity index is 1.40. The minimum absolute atomic E-state index is 0.0421. The molecule has 1 saturated carbocycles. The van der Waals surface area contributed by atoms with Crippen molar-refractivity contribution < 1.29 is 13.9 Å². The van der Waals surface area contributed by atoms with Gasteiger partial charge in [-0.1, -0.05) is 26.0 Å². The minimum Gasteiger partial charge on any atom is -0.476 e. The maximum absolute atomic E-state index is 13.2. The summed E-state index contributed by atoms with van der Waals surface area (Å²) in [5, 5.41) is 5.91. The van der Waals surface area contributed by atoms with Gasteiger partial charge >= 0.3 is 0 Å². The van der Waals surface area contributed by atoms with Crippen molar-refractivity contribution in [1.29, 1.82) is 0 Å². The number of hydrogen-bond acceptors (Lipinski definition) is 8. The van der Waals surface area contributed by atoms with Crippen LogP contribution in [-0.4, -0.2) is 37.4 Å². The number of anilines is 2. The zero-order valence-corrected chi connectivity index (χ0v) is 20.0. The number of nitrogens with zero attached hydrogens (tertiary/aromatic N) is 5. The quantitative estimate of drug-likeness (QED) is 0.352. The summed E-state index contributed by atoms with van der Waals surface area (Å²) in [4.78, 5) is 34.3. The third-order valence-electron chi connectivity index (χ3n) is 5.56. The lowest BCUT2D eigenvalue weighted by Crippen LogP contribution is -2.15. The first-order chi connectivity index (χ1) is 17.4. The fraction of sp³-hybridized carbons (Fsp3) is 0.308. The molecule has 5 rings (SSSR count). The SMILES string of the molecule is CC(C)COc1nc(NCc2ccc(F)cc2)nc2ccc(-c3cnc(NC(=O)C4CC4)nc3)nc12. The van der Waals surface area contributed by atoms with Crippen LogP contribution in [0.3, 0.4) is 0 Å². The summed E-state index contributed by atoms with van der Waals surface area (Å²) < 4.78 is 19.2. The predicted molar refractivity (Wildman–Crippen MR) is 134 cm³/mol. The standard InChI is InChI=1S/C26H26FN7O2/c1-15(2)14-36-24-22-21(32-26(34-24)28-11-16-3-7-19(27)8-4-16)10-9-20(31-22)18-12-29-25(30-13-18)33-23(35)17-5-6-17/h3-4,7-10,12-13,15,17H,5-6,11,14H2,1-2H3,(H,28,32,34)(H,29,30,33,35). The molecule has 36 heavy (non-hydrogen) atoms. The number of ether oxygens (including phenoxy) is 1. The molecule has 0 aliphatic heterocycles. The van der Waals surface area contributed by atoms with Crippen LogP contribution in [0.4, 0.5) is 16.3 Å². The summed E-state index contributed by atoms with van der Waals surface area (Å²) in [5.74, 6) is 1.08. The number of hydrogen-bond donors (Lipinski definition) is 2. The number of carbonyl (C=O) groups is 1. The molecule has 4 aromatic rings. The zero-order chi connectivity index (χ0) is 25.1. The molecule has 0 unspecified atom stereocenters. The lowest BCUT2D eigenvalue weighted by Gasteiger charge is -2.13. The molecule has 1 aliphatic carbocycles. The van der Waals surface area contributed by atoms with Gasteiger partial charge in [0, 0.05) is 30.4 Å². The van der Waals surface area contributed by atoms with Gasteiger partial charge in [0.05, 0.1) is 17.8 Å². The summed E-state index contributed by atoms with van der Waals surface area (Å²) in [6.45, 7) is 5.00. The summed E-state index contributed by atoms with van der Waals surface area (Å²) in [6, 6.07) is 9.91. The van der Waals surface area contributed by atoms with E-state index < -0.39 is 0 Å². The van der Waals surface area contributed by atoms with Crippen LogP contribution in [-0.2, 0) is 11.3 Å². The monoisotopic (exact) mass is 487 g/mol. The summed E-state index contributed by atoms with van der Waals surface area (Å²) in [6.07, 6.45) is 5.07. The van der Waals surface area contributed by atoms with Crippen molar-refractivity contribution in [2.45, 2.75) is 33.2 Å². The molecule has 0 radical (unpaired) electrons. The van der Waals surface area contributed by atoms with Crippen molar-refractivity contribution in [2.24, 2.45) is 11.8 Å². The second kappa shape index (κ2) is 10.2. The highest BCUT2D eigenvalue weighted by Crippen LogP contribution is 2.30. The number of rotatable bonds is 9. The maximum atomic E-state index is 13.2. The second-order valence-corrected chi connectivity index (χ2v) is 9.16. The van der Waals surface area contributed by atoms with Gasteiger partial charge in [0.15, 0.2) is 5.52 Å². The van der Waals surface area contributed by atoms with Gasteiger partial charge in [0.1, 0.15) is 5.82 Å². The molecule has 0 atom stereocenters. The Kier molecular flexibility index (Phi) is 6.66. The van der Waals surface area contributed by atoms with E-state index >= 15 is 0 Å². The lowest BCUT2D eigenvalue weighted by molar-refractivity contribution is -0.117. The van der Waals surface area contributed by atoms with E-state index in [9.17, 15) is 9.18 Å². The van der Waals surface area contributed by atoms with Crippen LogP contribution in [0.15, 0.2) is 48.8 Å². The number of aromatic nitrogens is 5. The lowest BCUT2D eigenvalue weighted by atomic mass is 10.2. The number of amides is 1. The average molecular weight is 488 g/mol. The average Bonchev–Trinajstić information content (AvgIpc) is 3.73. The van der Waals surface area contributed by atoms with Gasteiger partial charge in [-0.2, -0.15) is 4.98 Å². The Morgan fingerprint density at radius 1 is 1.03 bits per heavy atom.